The van der Waals surface area contributed by atoms with E-state index in [4.69, 9.17) is 5.73 Å². The molecule has 1 saturated heterocycles. The fraction of sp³-hybridized carbons (Fsp3) is 0.647. The fourth-order valence-corrected chi connectivity index (χ4v) is 4.36. The number of amides is 2. The molecule has 2 fully saturated rings. The number of hydrogen-bond donors (Lipinski definition) is 1. The molecule has 1 aromatic heterocycles. The monoisotopic (exact) mass is 371 g/mol. The lowest BCUT2D eigenvalue weighted by atomic mass is 9.74. The van der Waals surface area contributed by atoms with Crippen molar-refractivity contribution in [2.75, 3.05) is 26.2 Å². The van der Waals surface area contributed by atoms with Gasteiger partial charge in [0.1, 0.15) is 0 Å². The summed E-state index contributed by atoms with van der Waals surface area (Å²) in [5.41, 5.74) is 5.97. The summed E-state index contributed by atoms with van der Waals surface area (Å²) >= 11 is 1.47. The highest BCUT2D eigenvalue weighted by molar-refractivity contribution is 7.12. The molecule has 1 aliphatic heterocycles. The van der Waals surface area contributed by atoms with Gasteiger partial charge in [0.2, 0.25) is 5.91 Å². The SMILES string of the molecule is CC1(N)CCCCC1C(=O)N1CCN(C(=O)c2cccs2)CC1.Cl. The lowest BCUT2D eigenvalue weighted by Crippen LogP contribution is -2.57. The van der Waals surface area contributed by atoms with Gasteiger partial charge >= 0.3 is 0 Å². The third-order valence-electron chi connectivity index (χ3n) is 5.16. The quantitative estimate of drug-likeness (QED) is 0.867. The van der Waals surface area contributed by atoms with Crippen molar-refractivity contribution in [3.05, 3.63) is 22.4 Å². The van der Waals surface area contributed by atoms with E-state index in [-0.39, 0.29) is 35.7 Å². The van der Waals surface area contributed by atoms with Crippen molar-refractivity contribution in [2.24, 2.45) is 11.7 Å². The number of piperazine rings is 1. The first-order chi connectivity index (χ1) is 11.0. The van der Waals surface area contributed by atoms with Crippen molar-refractivity contribution in [1.82, 2.24) is 9.80 Å². The Hall–Kier alpha value is -1.11. The largest absolute Gasteiger partial charge is 0.339 e. The smallest absolute Gasteiger partial charge is 0.264 e. The van der Waals surface area contributed by atoms with E-state index in [9.17, 15) is 9.59 Å². The molecule has 1 aromatic rings. The zero-order valence-electron chi connectivity index (χ0n) is 14.1. The second-order valence-corrected chi connectivity index (χ2v) is 7.85. The summed E-state index contributed by atoms with van der Waals surface area (Å²) in [6.07, 6.45) is 4.00. The predicted molar refractivity (Wildman–Crippen MR) is 98.6 cm³/mol. The lowest BCUT2D eigenvalue weighted by molar-refractivity contribution is -0.140. The van der Waals surface area contributed by atoms with Gasteiger partial charge in [-0.1, -0.05) is 18.9 Å². The van der Waals surface area contributed by atoms with E-state index in [1.165, 1.54) is 11.3 Å². The number of hydrogen-bond acceptors (Lipinski definition) is 4. The molecule has 134 valence electrons. The molecule has 2 unspecified atom stereocenters. The van der Waals surface area contributed by atoms with E-state index < -0.39 is 0 Å². The molecule has 0 bridgehead atoms. The summed E-state index contributed by atoms with van der Waals surface area (Å²) < 4.78 is 0. The second-order valence-electron chi connectivity index (χ2n) is 6.90. The molecule has 2 heterocycles. The van der Waals surface area contributed by atoms with Crippen LogP contribution in [0.3, 0.4) is 0 Å². The molecule has 1 aliphatic carbocycles. The number of nitrogens with zero attached hydrogens (tertiary/aromatic N) is 2. The van der Waals surface area contributed by atoms with Gasteiger partial charge < -0.3 is 15.5 Å². The standard InChI is InChI=1S/C17H25N3O2S.ClH/c1-17(18)7-3-2-5-13(17)15(21)19-8-10-20(11-9-19)16(22)14-6-4-12-23-14;/h4,6,12-13H,2-3,5,7-11,18H2,1H3;1H. The third-order valence-corrected chi connectivity index (χ3v) is 6.02. The average Bonchev–Trinajstić information content (AvgIpc) is 3.08. The first kappa shape index (κ1) is 19.2. The highest BCUT2D eigenvalue weighted by atomic mass is 35.5. The van der Waals surface area contributed by atoms with Crippen molar-refractivity contribution in [3.63, 3.8) is 0 Å². The van der Waals surface area contributed by atoms with Crippen molar-refractivity contribution in [2.45, 2.75) is 38.1 Å². The average molecular weight is 372 g/mol. The van der Waals surface area contributed by atoms with Crippen molar-refractivity contribution in [3.8, 4) is 0 Å². The van der Waals surface area contributed by atoms with Crippen LogP contribution >= 0.6 is 23.7 Å². The van der Waals surface area contributed by atoms with Gasteiger partial charge in [-0.05, 0) is 31.2 Å². The van der Waals surface area contributed by atoms with E-state index >= 15 is 0 Å². The molecule has 2 atom stereocenters. The summed E-state index contributed by atoms with van der Waals surface area (Å²) in [7, 11) is 0. The van der Waals surface area contributed by atoms with Crippen LogP contribution in [0.5, 0.6) is 0 Å². The van der Waals surface area contributed by atoms with Crippen LogP contribution in [0.15, 0.2) is 17.5 Å². The molecule has 0 aromatic carbocycles. The Morgan fingerprint density at radius 2 is 1.88 bits per heavy atom. The molecule has 1 saturated carbocycles. The fourth-order valence-electron chi connectivity index (χ4n) is 3.67. The highest BCUT2D eigenvalue weighted by Gasteiger charge is 2.40. The Labute approximate surface area is 153 Å². The number of rotatable bonds is 2. The molecule has 5 nitrogen and oxygen atoms in total. The summed E-state index contributed by atoms with van der Waals surface area (Å²) in [5, 5.41) is 1.91. The maximum Gasteiger partial charge on any atom is 0.264 e. The van der Waals surface area contributed by atoms with Gasteiger partial charge in [0.25, 0.3) is 5.91 Å². The Balaban J connectivity index is 0.00000208. The Kier molecular flexibility index (Phi) is 6.28. The highest BCUT2D eigenvalue weighted by Crippen LogP contribution is 2.33. The maximum absolute atomic E-state index is 12.8. The van der Waals surface area contributed by atoms with Crippen LogP contribution in [-0.2, 0) is 4.79 Å². The first-order valence-electron chi connectivity index (χ1n) is 8.39. The van der Waals surface area contributed by atoms with Crippen molar-refractivity contribution >= 4 is 35.6 Å². The minimum atomic E-state index is -0.390. The molecular weight excluding hydrogens is 346 g/mol. The Morgan fingerprint density at radius 3 is 2.46 bits per heavy atom. The summed E-state index contributed by atoms with van der Waals surface area (Å²) in [6, 6.07) is 3.75. The van der Waals surface area contributed by atoms with Gasteiger partial charge in [-0.3, -0.25) is 9.59 Å². The molecular formula is C17H26ClN3O2S. The molecule has 7 heteroatoms. The Bertz CT molecular complexity index is 568. The van der Waals surface area contributed by atoms with Gasteiger partial charge in [-0.2, -0.15) is 0 Å². The van der Waals surface area contributed by atoms with E-state index in [0.717, 1.165) is 30.6 Å². The van der Waals surface area contributed by atoms with Crippen LogP contribution in [-0.4, -0.2) is 53.3 Å². The number of carbonyl (C=O) groups is 2. The number of halogens is 1. The first-order valence-corrected chi connectivity index (χ1v) is 9.27. The third kappa shape index (κ3) is 3.92. The Morgan fingerprint density at radius 1 is 1.21 bits per heavy atom. The molecule has 0 spiro atoms. The summed E-state index contributed by atoms with van der Waals surface area (Å²) in [6.45, 7) is 4.45. The molecule has 2 N–H and O–H groups in total. The van der Waals surface area contributed by atoms with E-state index in [1.54, 1.807) is 0 Å². The van der Waals surface area contributed by atoms with Crippen LogP contribution < -0.4 is 5.73 Å². The lowest BCUT2D eigenvalue weighted by Gasteiger charge is -2.42. The topological polar surface area (TPSA) is 66.6 Å². The van der Waals surface area contributed by atoms with Crippen LogP contribution in [0.1, 0.15) is 42.3 Å². The zero-order chi connectivity index (χ0) is 16.4. The molecule has 2 aliphatic rings. The zero-order valence-corrected chi connectivity index (χ0v) is 15.7. The van der Waals surface area contributed by atoms with E-state index in [2.05, 4.69) is 0 Å². The summed E-state index contributed by atoms with van der Waals surface area (Å²) in [5.74, 6) is 0.183. The van der Waals surface area contributed by atoms with Crippen LogP contribution in [0.4, 0.5) is 0 Å². The molecule has 2 amide bonds. The van der Waals surface area contributed by atoms with Gasteiger partial charge in [-0.15, -0.1) is 23.7 Å². The van der Waals surface area contributed by atoms with Crippen molar-refractivity contribution in [1.29, 1.82) is 0 Å². The van der Waals surface area contributed by atoms with Crippen LogP contribution in [0.2, 0.25) is 0 Å². The minimum Gasteiger partial charge on any atom is -0.339 e. The van der Waals surface area contributed by atoms with Gasteiger partial charge in [0.15, 0.2) is 0 Å². The minimum absolute atomic E-state index is 0. The molecule has 24 heavy (non-hydrogen) atoms. The normalized spacial score (nSPS) is 27.5. The molecule has 3 rings (SSSR count). The van der Waals surface area contributed by atoms with E-state index in [1.807, 2.05) is 34.2 Å². The van der Waals surface area contributed by atoms with Crippen LogP contribution in [0, 0.1) is 5.92 Å². The molecule has 0 radical (unpaired) electrons. The van der Waals surface area contributed by atoms with Crippen molar-refractivity contribution < 1.29 is 9.59 Å². The number of nitrogens with two attached hydrogens (primary N) is 1. The number of carbonyl (C=O) groups excluding carboxylic acids is 2. The summed E-state index contributed by atoms with van der Waals surface area (Å²) in [4.78, 5) is 29.7. The number of thiophene rings is 1. The van der Waals surface area contributed by atoms with Gasteiger partial charge in [0.05, 0.1) is 10.8 Å². The van der Waals surface area contributed by atoms with E-state index in [0.29, 0.717) is 26.2 Å². The van der Waals surface area contributed by atoms with Gasteiger partial charge in [-0.25, -0.2) is 0 Å². The van der Waals surface area contributed by atoms with Gasteiger partial charge in [0, 0.05) is 31.7 Å². The maximum atomic E-state index is 12.8. The second kappa shape index (κ2) is 7.85. The predicted octanol–water partition coefficient (Wildman–Crippen LogP) is 2.36. The van der Waals surface area contributed by atoms with Crippen LogP contribution in [0.25, 0.3) is 0 Å².